The zero-order valence-electron chi connectivity index (χ0n) is 23.9. The molecule has 0 spiro atoms. The zero-order valence-corrected chi connectivity index (χ0v) is 23.9. The van der Waals surface area contributed by atoms with Crippen LogP contribution in [0.15, 0.2) is 12.2 Å². The molecule has 39 heavy (non-hydrogen) atoms. The van der Waals surface area contributed by atoms with Crippen LogP contribution in [0.2, 0.25) is 0 Å². The molecule has 0 aromatic rings. The minimum absolute atomic E-state index is 0.248. The fourth-order valence-corrected chi connectivity index (χ4v) is 3.43. The number of nitrogens with zero attached hydrogens (tertiary/aromatic N) is 1. The molecule has 11 heteroatoms. The lowest BCUT2D eigenvalue weighted by molar-refractivity contribution is -0.137. The zero-order chi connectivity index (χ0) is 28.1. The van der Waals surface area contributed by atoms with Gasteiger partial charge < -0.3 is 37.9 Å². The third kappa shape index (κ3) is 23.0. The summed E-state index contributed by atoms with van der Waals surface area (Å²) in [5.74, 6) is -0.600. The third-order valence-electron chi connectivity index (χ3n) is 5.61. The molecule has 0 unspecified atom stereocenters. The van der Waals surface area contributed by atoms with Crippen molar-refractivity contribution in [2.75, 3.05) is 112 Å². The summed E-state index contributed by atoms with van der Waals surface area (Å²) in [5.41, 5.74) is 0. The highest BCUT2D eigenvalue weighted by Crippen LogP contribution is 2.05. The van der Waals surface area contributed by atoms with Gasteiger partial charge in [-0.25, -0.2) is 0 Å². The Morgan fingerprint density at radius 3 is 1.13 bits per heavy atom. The van der Waals surface area contributed by atoms with E-state index in [0.717, 1.165) is 17.9 Å². The van der Waals surface area contributed by atoms with E-state index in [9.17, 15) is 9.59 Å². The van der Waals surface area contributed by atoms with Crippen molar-refractivity contribution in [2.24, 2.45) is 0 Å². The summed E-state index contributed by atoms with van der Waals surface area (Å²) in [6, 6.07) is 0. The van der Waals surface area contributed by atoms with E-state index in [0.29, 0.717) is 92.5 Å². The molecule has 0 atom stereocenters. The number of imide groups is 1. The van der Waals surface area contributed by atoms with Gasteiger partial charge in [-0.15, -0.1) is 0 Å². The standard InChI is InChI=1S/C28H51NO10/c1-2-3-4-5-6-7-11-32-13-15-34-17-19-36-21-23-38-25-26-39-24-22-37-20-18-35-16-14-33-12-10-29-27(30)8-9-28(29)31/h8-9H,2-7,10-26H2,1H3. The predicted molar refractivity (Wildman–Crippen MR) is 146 cm³/mol. The second-order valence-electron chi connectivity index (χ2n) is 8.83. The lowest BCUT2D eigenvalue weighted by Gasteiger charge is -2.13. The maximum atomic E-state index is 11.4. The van der Waals surface area contributed by atoms with Crippen LogP contribution in [0.5, 0.6) is 0 Å². The number of ether oxygens (including phenoxy) is 8. The summed E-state index contributed by atoms with van der Waals surface area (Å²) in [6.07, 6.45) is 10.2. The second-order valence-corrected chi connectivity index (χ2v) is 8.83. The number of rotatable bonds is 31. The quantitative estimate of drug-likeness (QED) is 0.0924. The Balaban J connectivity index is 1.64. The van der Waals surface area contributed by atoms with E-state index < -0.39 is 0 Å². The molecule has 1 aliphatic heterocycles. The van der Waals surface area contributed by atoms with Crippen LogP contribution in [0, 0.1) is 0 Å². The highest BCUT2D eigenvalue weighted by molar-refractivity contribution is 6.12. The second kappa shape index (κ2) is 28.1. The van der Waals surface area contributed by atoms with E-state index >= 15 is 0 Å². The molecule has 0 aliphatic carbocycles. The van der Waals surface area contributed by atoms with Crippen LogP contribution in [-0.4, -0.2) is 129 Å². The Kier molecular flexibility index (Phi) is 25.6. The fraction of sp³-hybridized carbons (Fsp3) is 0.857. The van der Waals surface area contributed by atoms with Crippen LogP contribution >= 0.6 is 0 Å². The van der Waals surface area contributed by atoms with E-state index in [2.05, 4.69) is 6.92 Å². The minimum Gasteiger partial charge on any atom is -0.379 e. The number of hydrogen-bond donors (Lipinski definition) is 0. The maximum absolute atomic E-state index is 11.4. The van der Waals surface area contributed by atoms with Crippen molar-refractivity contribution in [1.82, 2.24) is 4.90 Å². The minimum atomic E-state index is -0.300. The molecule has 0 N–H and O–H groups in total. The van der Waals surface area contributed by atoms with Gasteiger partial charge in [0, 0.05) is 18.8 Å². The van der Waals surface area contributed by atoms with Gasteiger partial charge in [-0.2, -0.15) is 0 Å². The van der Waals surface area contributed by atoms with Crippen LogP contribution in [0.3, 0.4) is 0 Å². The molecule has 0 fully saturated rings. The molecule has 2 amide bonds. The molecule has 0 aromatic heterocycles. The average molecular weight is 562 g/mol. The summed E-state index contributed by atoms with van der Waals surface area (Å²) in [4.78, 5) is 23.9. The Labute approximate surface area is 234 Å². The maximum Gasteiger partial charge on any atom is 0.253 e. The summed E-state index contributed by atoms with van der Waals surface area (Å²) in [7, 11) is 0. The molecular formula is C28H51NO10. The normalized spacial score (nSPS) is 13.3. The number of amides is 2. The van der Waals surface area contributed by atoms with Crippen LogP contribution in [0.1, 0.15) is 45.4 Å². The summed E-state index contributed by atoms with van der Waals surface area (Å²) in [5, 5.41) is 0. The molecule has 1 aliphatic rings. The topological polar surface area (TPSA) is 111 Å². The number of carbonyl (C=O) groups excluding carboxylic acids is 2. The van der Waals surface area contributed by atoms with E-state index in [-0.39, 0.29) is 25.0 Å². The first-order valence-corrected chi connectivity index (χ1v) is 14.4. The average Bonchev–Trinajstić information content (AvgIpc) is 3.26. The lowest BCUT2D eigenvalue weighted by atomic mass is 10.1. The number of hydrogen-bond acceptors (Lipinski definition) is 10. The van der Waals surface area contributed by atoms with Gasteiger partial charge in [-0.3, -0.25) is 14.5 Å². The van der Waals surface area contributed by atoms with Gasteiger partial charge in [-0.1, -0.05) is 39.0 Å². The number of unbranched alkanes of at least 4 members (excludes halogenated alkanes) is 5. The smallest absolute Gasteiger partial charge is 0.253 e. The van der Waals surface area contributed by atoms with Crippen LogP contribution < -0.4 is 0 Å². The highest BCUT2D eigenvalue weighted by Gasteiger charge is 2.22. The fourth-order valence-electron chi connectivity index (χ4n) is 3.43. The van der Waals surface area contributed by atoms with Crippen molar-refractivity contribution in [1.29, 1.82) is 0 Å². The Morgan fingerprint density at radius 2 is 0.744 bits per heavy atom. The SMILES string of the molecule is CCCCCCCCOCCOCCOCCOCCOCCOCCOCCOCCN1C(=O)C=CC1=O. The first-order valence-electron chi connectivity index (χ1n) is 14.4. The van der Waals surface area contributed by atoms with Gasteiger partial charge in [0.25, 0.3) is 11.8 Å². The molecule has 228 valence electrons. The molecule has 0 saturated carbocycles. The van der Waals surface area contributed by atoms with Gasteiger partial charge >= 0.3 is 0 Å². The van der Waals surface area contributed by atoms with Crippen molar-refractivity contribution in [2.45, 2.75) is 45.4 Å². The van der Waals surface area contributed by atoms with Crippen molar-refractivity contribution < 1.29 is 47.5 Å². The molecule has 0 saturated heterocycles. The summed E-state index contributed by atoms with van der Waals surface area (Å²) >= 11 is 0. The first-order chi connectivity index (χ1) is 19.3. The highest BCUT2D eigenvalue weighted by atomic mass is 16.6. The third-order valence-corrected chi connectivity index (χ3v) is 5.61. The van der Waals surface area contributed by atoms with Gasteiger partial charge in [0.05, 0.1) is 106 Å². The molecular weight excluding hydrogens is 510 g/mol. The van der Waals surface area contributed by atoms with Crippen LogP contribution in [0.25, 0.3) is 0 Å². The Hall–Kier alpha value is -1.44. The van der Waals surface area contributed by atoms with Gasteiger partial charge in [0.1, 0.15) is 0 Å². The van der Waals surface area contributed by atoms with E-state index in [1.807, 2.05) is 0 Å². The van der Waals surface area contributed by atoms with Gasteiger partial charge in [-0.05, 0) is 6.42 Å². The Bertz CT molecular complexity index is 587. The van der Waals surface area contributed by atoms with E-state index in [1.165, 1.54) is 44.3 Å². The van der Waals surface area contributed by atoms with Gasteiger partial charge in [0.15, 0.2) is 0 Å². The van der Waals surface area contributed by atoms with E-state index in [1.54, 1.807) is 0 Å². The summed E-state index contributed by atoms with van der Waals surface area (Å²) in [6.45, 7) is 10.7. The van der Waals surface area contributed by atoms with Crippen molar-refractivity contribution >= 4 is 11.8 Å². The first kappa shape index (κ1) is 35.6. The largest absolute Gasteiger partial charge is 0.379 e. The lowest BCUT2D eigenvalue weighted by Crippen LogP contribution is -2.33. The number of carbonyl (C=O) groups is 2. The molecule has 0 aromatic carbocycles. The molecule has 11 nitrogen and oxygen atoms in total. The van der Waals surface area contributed by atoms with Crippen molar-refractivity contribution in [3.8, 4) is 0 Å². The van der Waals surface area contributed by atoms with E-state index in [4.69, 9.17) is 37.9 Å². The van der Waals surface area contributed by atoms with Crippen molar-refractivity contribution in [3.05, 3.63) is 12.2 Å². The van der Waals surface area contributed by atoms with Crippen LogP contribution in [-0.2, 0) is 47.5 Å². The Morgan fingerprint density at radius 1 is 0.436 bits per heavy atom. The summed E-state index contributed by atoms with van der Waals surface area (Å²) < 4.78 is 43.6. The van der Waals surface area contributed by atoms with Crippen LogP contribution in [0.4, 0.5) is 0 Å². The molecule has 0 bridgehead atoms. The molecule has 1 rings (SSSR count). The molecule has 0 radical (unpaired) electrons. The van der Waals surface area contributed by atoms with Crippen molar-refractivity contribution in [3.63, 3.8) is 0 Å². The predicted octanol–water partition coefficient (Wildman–Crippen LogP) is 2.40. The monoisotopic (exact) mass is 561 g/mol. The molecule has 1 heterocycles. The van der Waals surface area contributed by atoms with Gasteiger partial charge in [0.2, 0.25) is 0 Å².